The summed E-state index contributed by atoms with van der Waals surface area (Å²) in [4.78, 5) is 8.91. The van der Waals surface area contributed by atoms with E-state index in [4.69, 9.17) is 9.47 Å². The summed E-state index contributed by atoms with van der Waals surface area (Å²) in [5, 5.41) is 10.0. The molecular formula is C21H33IN4O2S. The minimum Gasteiger partial charge on any atom is -0.493 e. The third-order valence-electron chi connectivity index (χ3n) is 4.22. The number of hydrogen-bond donors (Lipinski definition) is 2. The third-order valence-corrected chi connectivity index (χ3v) is 5.26. The van der Waals surface area contributed by atoms with Crippen LogP contribution in [0.15, 0.2) is 28.6 Å². The topological polar surface area (TPSA) is 67.8 Å². The van der Waals surface area contributed by atoms with Crippen molar-refractivity contribution in [1.29, 1.82) is 0 Å². The van der Waals surface area contributed by atoms with Gasteiger partial charge in [0.05, 0.1) is 17.3 Å². The highest BCUT2D eigenvalue weighted by Crippen LogP contribution is 2.20. The van der Waals surface area contributed by atoms with Crippen molar-refractivity contribution >= 4 is 41.3 Å². The number of nitrogens with one attached hydrogen (secondary N) is 2. The lowest BCUT2D eigenvalue weighted by Gasteiger charge is -2.15. The van der Waals surface area contributed by atoms with E-state index >= 15 is 0 Å². The van der Waals surface area contributed by atoms with Crippen molar-refractivity contribution in [3.63, 3.8) is 0 Å². The molecule has 0 saturated carbocycles. The molecule has 0 bridgehead atoms. The molecule has 0 aliphatic rings. The van der Waals surface area contributed by atoms with Gasteiger partial charge in [0.1, 0.15) is 5.75 Å². The summed E-state index contributed by atoms with van der Waals surface area (Å²) in [5.41, 5.74) is 3.43. The first-order valence-corrected chi connectivity index (χ1v) is 10.6. The predicted octanol–water partition coefficient (Wildman–Crippen LogP) is 3.95. The number of nitrogens with zero attached hydrogens (tertiary/aromatic N) is 2. The molecule has 1 aromatic carbocycles. The van der Waals surface area contributed by atoms with Crippen LogP contribution < -0.4 is 15.4 Å². The zero-order valence-electron chi connectivity index (χ0n) is 17.8. The molecule has 0 atom stereocenters. The first kappa shape index (κ1) is 25.6. The number of aliphatic imine (C=N–C) groups is 1. The zero-order chi connectivity index (χ0) is 20.2. The van der Waals surface area contributed by atoms with Gasteiger partial charge in [-0.1, -0.05) is 19.1 Å². The summed E-state index contributed by atoms with van der Waals surface area (Å²) in [6, 6.07) is 6.28. The van der Waals surface area contributed by atoms with Crippen LogP contribution in [0.25, 0.3) is 0 Å². The number of thiazole rings is 1. The van der Waals surface area contributed by atoms with E-state index < -0.39 is 0 Å². The largest absolute Gasteiger partial charge is 0.493 e. The van der Waals surface area contributed by atoms with Gasteiger partial charge in [-0.25, -0.2) is 4.98 Å². The highest BCUT2D eigenvalue weighted by atomic mass is 127. The van der Waals surface area contributed by atoms with Crippen molar-refractivity contribution < 1.29 is 9.47 Å². The number of aromatic nitrogens is 1. The van der Waals surface area contributed by atoms with E-state index in [0.717, 1.165) is 48.8 Å². The van der Waals surface area contributed by atoms with E-state index in [2.05, 4.69) is 58.0 Å². The molecule has 1 heterocycles. The second kappa shape index (κ2) is 14.6. The predicted molar refractivity (Wildman–Crippen MR) is 132 cm³/mol. The Morgan fingerprint density at radius 3 is 2.76 bits per heavy atom. The summed E-state index contributed by atoms with van der Waals surface area (Å²) in [7, 11) is 3.49. The van der Waals surface area contributed by atoms with Crippen LogP contribution in [0.4, 0.5) is 0 Å². The van der Waals surface area contributed by atoms with Gasteiger partial charge in [0.2, 0.25) is 0 Å². The molecule has 0 amide bonds. The van der Waals surface area contributed by atoms with Gasteiger partial charge in [-0.2, -0.15) is 0 Å². The molecule has 0 aliphatic heterocycles. The number of methoxy groups -OCH3 is 1. The fourth-order valence-corrected chi connectivity index (χ4v) is 3.44. The van der Waals surface area contributed by atoms with E-state index in [-0.39, 0.29) is 24.0 Å². The monoisotopic (exact) mass is 532 g/mol. The average molecular weight is 532 g/mol. The fraction of sp³-hybridized carbons (Fsp3) is 0.524. The number of halogens is 1. The maximum Gasteiger partial charge on any atom is 0.191 e. The number of guanidine groups is 1. The molecular weight excluding hydrogens is 499 g/mol. The van der Waals surface area contributed by atoms with E-state index in [0.29, 0.717) is 19.8 Å². The molecule has 0 aliphatic carbocycles. The summed E-state index contributed by atoms with van der Waals surface area (Å²) >= 11 is 1.73. The number of benzene rings is 1. The number of rotatable bonds is 11. The third kappa shape index (κ3) is 9.31. The standard InChI is InChI=1S/C21H32N4O2S.HI/c1-5-20-25-18(15-28-20)9-10-23-21(22-3)24-14-17-8-7-16(2)13-19(17)27-12-6-11-26-4;/h7-8,13,15H,5-6,9-12,14H2,1-4H3,(H2,22,23,24);1H. The molecule has 0 unspecified atom stereocenters. The maximum absolute atomic E-state index is 5.95. The van der Waals surface area contributed by atoms with E-state index in [1.165, 1.54) is 10.6 Å². The molecule has 162 valence electrons. The fourth-order valence-electron chi connectivity index (χ4n) is 2.66. The van der Waals surface area contributed by atoms with Gasteiger partial charge in [0.15, 0.2) is 5.96 Å². The smallest absolute Gasteiger partial charge is 0.191 e. The Bertz CT molecular complexity index is 752. The summed E-state index contributed by atoms with van der Waals surface area (Å²) in [6.45, 7) is 6.99. The Hall–Kier alpha value is -1.39. The molecule has 0 saturated heterocycles. The summed E-state index contributed by atoms with van der Waals surface area (Å²) < 4.78 is 11.0. The lowest BCUT2D eigenvalue weighted by atomic mass is 10.1. The Morgan fingerprint density at radius 1 is 1.24 bits per heavy atom. The molecule has 2 rings (SSSR count). The quantitative estimate of drug-likeness (QED) is 0.199. The van der Waals surface area contributed by atoms with Crippen LogP contribution in [-0.2, 0) is 24.1 Å². The van der Waals surface area contributed by atoms with Crippen LogP contribution in [0, 0.1) is 6.92 Å². The zero-order valence-corrected chi connectivity index (χ0v) is 20.9. The van der Waals surface area contributed by atoms with Crippen molar-refractivity contribution in [1.82, 2.24) is 15.6 Å². The van der Waals surface area contributed by atoms with Crippen LogP contribution in [0.3, 0.4) is 0 Å². The molecule has 0 radical (unpaired) electrons. The first-order valence-electron chi connectivity index (χ1n) is 9.75. The van der Waals surface area contributed by atoms with Gasteiger partial charge in [-0.3, -0.25) is 4.99 Å². The number of aryl methyl sites for hydroxylation is 2. The van der Waals surface area contributed by atoms with Crippen LogP contribution >= 0.6 is 35.3 Å². The minimum absolute atomic E-state index is 0. The normalized spacial score (nSPS) is 11.1. The Morgan fingerprint density at radius 2 is 2.07 bits per heavy atom. The van der Waals surface area contributed by atoms with E-state index in [1.54, 1.807) is 25.5 Å². The van der Waals surface area contributed by atoms with Crippen molar-refractivity contribution in [3.05, 3.63) is 45.4 Å². The molecule has 0 spiro atoms. The lowest BCUT2D eigenvalue weighted by molar-refractivity contribution is 0.172. The Balaban J connectivity index is 0.00000420. The van der Waals surface area contributed by atoms with Crippen LogP contribution in [-0.4, -0.2) is 44.9 Å². The second-order valence-electron chi connectivity index (χ2n) is 6.49. The maximum atomic E-state index is 5.95. The van der Waals surface area contributed by atoms with Crippen molar-refractivity contribution in [3.8, 4) is 5.75 Å². The molecule has 2 N–H and O–H groups in total. The number of ether oxygens (including phenoxy) is 2. The highest BCUT2D eigenvalue weighted by Gasteiger charge is 2.07. The number of hydrogen-bond acceptors (Lipinski definition) is 5. The van der Waals surface area contributed by atoms with Crippen molar-refractivity contribution in [2.24, 2.45) is 4.99 Å². The van der Waals surface area contributed by atoms with Crippen LogP contribution in [0.1, 0.15) is 35.2 Å². The van der Waals surface area contributed by atoms with Gasteiger partial charge in [-0.15, -0.1) is 35.3 Å². The summed E-state index contributed by atoms with van der Waals surface area (Å²) in [6.07, 6.45) is 2.75. The lowest BCUT2D eigenvalue weighted by Crippen LogP contribution is -2.38. The van der Waals surface area contributed by atoms with E-state index in [9.17, 15) is 0 Å². The Kier molecular flexibility index (Phi) is 12.9. The second-order valence-corrected chi connectivity index (χ2v) is 7.44. The average Bonchev–Trinajstić information content (AvgIpc) is 3.17. The molecule has 1 aromatic heterocycles. The van der Waals surface area contributed by atoms with Crippen LogP contribution in [0.5, 0.6) is 5.75 Å². The SMILES string of the molecule is CCc1nc(CCNC(=NC)NCc2ccc(C)cc2OCCCOC)cs1.I. The van der Waals surface area contributed by atoms with Gasteiger partial charge in [-0.05, 0) is 25.0 Å². The van der Waals surface area contributed by atoms with Crippen molar-refractivity contribution in [2.45, 2.75) is 39.7 Å². The first-order chi connectivity index (χ1) is 13.7. The van der Waals surface area contributed by atoms with Gasteiger partial charge in [0.25, 0.3) is 0 Å². The van der Waals surface area contributed by atoms with Gasteiger partial charge in [0, 0.05) is 57.6 Å². The highest BCUT2D eigenvalue weighted by molar-refractivity contribution is 14.0. The van der Waals surface area contributed by atoms with Gasteiger partial charge >= 0.3 is 0 Å². The van der Waals surface area contributed by atoms with Crippen LogP contribution in [0.2, 0.25) is 0 Å². The molecule has 2 aromatic rings. The molecule has 29 heavy (non-hydrogen) atoms. The molecule has 8 heteroatoms. The van der Waals surface area contributed by atoms with Gasteiger partial charge < -0.3 is 20.1 Å². The summed E-state index contributed by atoms with van der Waals surface area (Å²) in [5.74, 6) is 1.69. The molecule has 0 fully saturated rings. The Labute approximate surface area is 195 Å². The van der Waals surface area contributed by atoms with Crippen molar-refractivity contribution in [2.75, 3.05) is 33.9 Å². The minimum atomic E-state index is 0. The van der Waals surface area contributed by atoms with E-state index in [1.807, 2.05) is 0 Å². The molecule has 6 nitrogen and oxygen atoms in total.